The molecular weight excluding hydrogens is 234 g/mol. The monoisotopic (exact) mass is 259 g/mol. The molecule has 1 atom stereocenters. The van der Waals surface area contributed by atoms with Gasteiger partial charge in [-0.05, 0) is 86.7 Å². The Kier molecular flexibility index (Phi) is 4.07. The van der Waals surface area contributed by atoms with E-state index in [0.29, 0.717) is 11.7 Å². The van der Waals surface area contributed by atoms with Gasteiger partial charge in [-0.1, -0.05) is 12.5 Å². The predicted octanol–water partition coefficient (Wildman–Crippen LogP) is 3.20. The van der Waals surface area contributed by atoms with Crippen molar-refractivity contribution in [3.8, 4) is 5.75 Å². The van der Waals surface area contributed by atoms with Crippen LogP contribution in [0, 0.1) is 5.92 Å². The number of benzene rings is 1. The van der Waals surface area contributed by atoms with Crippen LogP contribution in [-0.2, 0) is 19.3 Å². The molecule has 2 nitrogen and oxygen atoms in total. The fraction of sp³-hybridized carbons (Fsp3) is 0.647. The molecule has 1 aromatic rings. The lowest BCUT2D eigenvalue weighted by Crippen LogP contribution is -2.30. The van der Waals surface area contributed by atoms with E-state index in [2.05, 4.69) is 11.4 Å². The molecule has 1 heterocycles. The molecule has 0 radical (unpaired) electrons. The second-order valence-corrected chi connectivity index (χ2v) is 6.23. The Bertz CT molecular complexity index is 435. The Morgan fingerprint density at radius 3 is 2.58 bits per heavy atom. The summed E-state index contributed by atoms with van der Waals surface area (Å²) in [6, 6.07) is 4.34. The molecule has 3 rings (SSSR count). The number of piperidine rings is 1. The molecule has 1 aliphatic heterocycles. The highest BCUT2D eigenvalue weighted by Crippen LogP contribution is 2.30. The van der Waals surface area contributed by atoms with Crippen molar-refractivity contribution in [3.05, 3.63) is 28.8 Å². The predicted molar refractivity (Wildman–Crippen MR) is 78.7 cm³/mol. The lowest BCUT2D eigenvalue weighted by Gasteiger charge is -2.23. The molecule has 1 aromatic carbocycles. The van der Waals surface area contributed by atoms with Crippen molar-refractivity contribution in [2.75, 3.05) is 13.1 Å². The van der Waals surface area contributed by atoms with Crippen LogP contribution in [0.4, 0.5) is 0 Å². The van der Waals surface area contributed by atoms with Gasteiger partial charge in [0.15, 0.2) is 0 Å². The smallest absolute Gasteiger partial charge is 0.119 e. The van der Waals surface area contributed by atoms with Gasteiger partial charge in [0.25, 0.3) is 0 Å². The quantitative estimate of drug-likeness (QED) is 0.799. The van der Waals surface area contributed by atoms with Crippen LogP contribution in [0.2, 0.25) is 0 Å². The molecule has 2 heteroatoms. The van der Waals surface area contributed by atoms with Gasteiger partial charge in [-0.2, -0.15) is 0 Å². The van der Waals surface area contributed by atoms with E-state index in [4.69, 9.17) is 0 Å². The summed E-state index contributed by atoms with van der Waals surface area (Å²) >= 11 is 0. The van der Waals surface area contributed by atoms with Crippen LogP contribution in [-0.4, -0.2) is 18.2 Å². The molecule has 1 unspecified atom stereocenters. The molecule has 0 saturated carbocycles. The number of phenols is 1. The maximum atomic E-state index is 10.3. The summed E-state index contributed by atoms with van der Waals surface area (Å²) in [5.74, 6) is 1.23. The second kappa shape index (κ2) is 5.96. The fourth-order valence-corrected chi connectivity index (χ4v) is 3.57. The average molecular weight is 259 g/mol. The zero-order valence-corrected chi connectivity index (χ0v) is 11.8. The highest BCUT2D eigenvalue weighted by molar-refractivity contribution is 5.43. The van der Waals surface area contributed by atoms with Crippen molar-refractivity contribution in [3.63, 3.8) is 0 Å². The maximum absolute atomic E-state index is 10.3. The van der Waals surface area contributed by atoms with Crippen LogP contribution >= 0.6 is 0 Å². The van der Waals surface area contributed by atoms with E-state index in [9.17, 15) is 5.11 Å². The van der Waals surface area contributed by atoms with Gasteiger partial charge in [-0.3, -0.25) is 0 Å². The minimum atomic E-state index is 0.534. The van der Waals surface area contributed by atoms with Crippen molar-refractivity contribution in [2.45, 2.75) is 51.4 Å². The number of nitrogens with one attached hydrogen (secondary N) is 1. The lowest BCUT2D eigenvalue weighted by molar-refractivity contribution is 0.369. The van der Waals surface area contributed by atoms with Gasteiger partial charge < -0.3 is 10.4 Å². The third kappa shape index (κ3) is 3.11. The topological polar surface area (TPSA) is 32.3 Å². The number of aromatic hydroxyl groups is 1. The number of rotatable bonds is 2. The van der Waals surface area contributed by atoms with Crippen LogP contribution in [0.25, 0.3) is 0 Å². The molecule has 2 N–H and O–H groups in total. The van der Waals surface area contributed by atoms with Gasteiger partial charge >= 0.3 is 0 Å². The maximum Gasteiger partial charge on any atom is 0.119 e. The lowest BCUT2D eigenvalue weighted by atomic mass is 9.89. The summed E-state index contributed by atoms with van der Waals surface area (Å²) in [7, 11) is 0. The third-order valence-corrected chi connectivity index (χ3v) is 4.70. The second-order valence-electron chi connectivity index (χ2n) is 6.23. The number of hydrogen-bond donors (Lipinski definition) is 2. The van der Waals surface area contributed by atoms with Gasteiger partial charge in [-0.15, -0.1) is 0 Å². The molecule has 19 heavy (non-hydrogen) atoms. The van der Waals surface area contributed by atoms with Crippen LogP contribution in [0.3, 0.4) is 0 Å². The van der Waals surface area contributed by atoms with Crippen LogP contribution in [0.15, 0.2) is 12.1 Å². The molecule has 0 bridgehead atoms. The Balaban J connectivity index is 1.78. The summed E-state index contributed by atoms with van der Waals surface area (Å²) in [4.78, 5) is 0. The van der Waals surface area contributed by atoms with E-state index in [1.54, 1.807) is 0 Å². The highest BCUT2D eigenvalue weighted by atomic mass is 16.3. The molecule has 0 spiro atoms. The van der Waals surface area contributed by atoms with Crippen LogP contribution in [0.5, 0.6) is 5.75 Å². The van der Waals surface area contributed by atoms with Crippen molar-refractivity contribution in [2.24, 2.45) is 5.92 Å². The summed E-state index contributed by atoms with van der Waals surface area (Å²) in [6.07, 6.45) is 9.86. The molecule has 2 aliphatic rings. The van der Waals surface area contributed by atoms with Crippen LogP contribution in [0.1, 0.15) is 48.8 Å². The molecule has 1 aliphatic carbocycles. The van der Waals surface area contributed by atoms with E-state index >= 15 is 0 Å². The summed E-state index contributed by atoms with van der Waals surface area (Å²) in [6.45, 7) is 2.27. The minimum Gasteiger partial charge on any atom is -0.508 e. The SMILES string of the molecule is Oc1cc2c(cc1CC1CCCNC1)CCCCC2. The first kappa shape index (κ1) is 13.0. The summed E-state index contributed by atoms with van der Waals surface area (Å²) < 4.78 is 0. The van der Waals surface area contributed by atoms with E-state index in [1.807, 2.05) is 6.07 Å². The Labute approximate surface area is 116 Å². The molecule has 104 valence electrons. The highest BCUT2D eigenvalue weighted by Gasteiger charge is 2.17. The molecule has 1 fully saturated rings. The first-order valence-corrected chi connectivity index (χ1v) is 7.87. The van der Waals surface area contributed by atoms with Crippen LogP contribution < -0.4 is 5.32 Å². The Morgan fingerprint density at radius 2 is 1.84 bits per heavy atom. The van der Waals surface area contributed by atoms with Crippen molar-refractivity contribution >= 4 is 0 Å². The zero-order chi connectivity index (χ0) is 13.1. The van der Waals surface area contributed by atoms with Gasteiger partial charge in [0, 0.05) is 0 Å². The largest absolute Gasteiger partial charge is 0.508 e. The normalized spacial score (nSPS) is 23.7. The summed E-state index contributed by atoms with van der Waals surface area (Å²) in [5, 5.41) is 13.7. The van der Waals surface area contributed by atoms with Gasteiger partial charge in [-0.25, -0.2) is 0 Å². The number of aryl methyl sites for hydroxylation is 2. The number of phenolic OH excluding ortho intramolecular Hbond substituents is 1. The molecule has 0 aromatic heterocycles. The average Bonchev–Trinajstić information content (AvgIpc) is 2.65. The van der Waals surface area contributed by atoms with Gasteiger partial charge in [0.2, 0.25) is 0 Å². The third-order valence-electron chi connectivity index (χ3n) is 4.70. The van der Waals surface area contributed by atoms with Gasteiger partial charge in [0.1, 0.15) is 5.75 Å². The number of fused-ring (bicyclic) bond motifs is 1. The summed E-state index contributed by atoms with van der Waals surface area (Å²) in [5.41, 5.74) is 4.06. The van der Waals surface area contributed by atoms with E-state index in [1.165, 1.54) is 55.2 Å². The Morgan fingerprint density at radius 1 is 1.05 bits per heavy atom. The zero-order valence-electron chi connectivity index (χ0n) is 11.8. The first-order chi connectivity index (χ1) is 9.33. The molecule has 1 saturated heterocycles. The van der Waals surface area contributed by atoms with Crippen molar-refractivity contribution in [1.29, 1.82) is 0 Å². The van der Waals surface area contributed by atoms with Gasteiger partial charge in [0.05, 0.1) is 0 Å². The Hall–Kier alpha value is -1.02. The first-order valence-electron chi connectivity index (χ1n) is 7.87. The van der Waals surface area contributed by atoms with E-state index in [0.717, 1.165) is 25.9 Å². The van der Waals surface area contributed by atoms with E-state index in [-0.39, 0.29) is 0 Å². The standard InChI is InChI=1S/C17H25NO/c19-17-11-15-7-3-1-2-6-14(15)10-16(17)9-13-5-4-8-18-12-13/h10-11,13,18-19H,1-9,12H2. The molecular formula is C17H25NO. The van der Waals surface area contributed by atoms with E-state index < -0.39 is 0 Å². The number of hydrogen-bond acceptors (Lipinski definition) is 2. The van der Waals surface area contributed by atoms with Crippen molar-refractivity contribution in [1.82, 2.24) is 5.32 Å². The minimum absolute atomic E-state index is 0.534. The van der Waals surface area contributed by atoms with Crippen molar-refractivity contribution < 1.29 is 5.11 Å². The molecule has 0 amide bonds. The fourth-order valence-electron chi connectivity index (χ4n) is 3.57.